The molecule has 2 aromatic rings. The van der Waals surface area contributed by atoms with E-state index in [-0.39, 0.29) is 43.3 Å². The van der Waals surface area contributed by atoms with Crippen LogP contribution in [0.1, 0.15) is 39.3 Å². The lowest BCUT2D eigenvalue weighted by molar-refractivity contribution is -0.153. The lowest BCUT2D eigenvalue weighted by Crippen LogP contribution is -2.71. The molecule has 0 radical (unpaired) electrons. The summed E-state index contributed by atoms with van der Waals surface area (Å²) in [6, 6.07) is 2.21. The van der Waals surface area contributed by atoms with Crippen molar-refractivity contribution in [3.05, 3.63) is 41.1 Å². The molecule has 2 saturated heterocycles. The van der Waals surface area contributed by atoms with Crippen molar-refractivity contribution in [1.82, 2.24) is 50.4 Å². The SMILES string of the molecule is CCN(CC)CCOC(=O)C1=C(CSc2nnnn2C)CSC2C(NC(=O)C(NC(=O)N3CCN(CC)C(=O)C3=O)c3ccc(OC(C)=O)cc3)C(=O)N12. The first-order valence-electron chi connectivity index (χ1n) is 17.3. The molecule has 0 aliphatic carbocycles. The minimum atomic E-state index is -1.45. The zero-order valence-electron chi connectivity index (χ0n) is 30.5. The number of carbonyl (C=O) groups excluding carboxylic acids is 7. The molecule has 0 bridgehead atoms. The molecule has 0 saturated carbocycles. The second kappa shape index (κ2) is 17.9. The van der Waals surface area contributed by atoms with Gasteiger partial charge in [0.25, 0.3) is 5.91 Å². The molecule has 3 atom stereocenters. The van der Waals surface area contributed by atoms with Gasteiger partial charge in [-0.1, -0.05) is 37.7 Å². The monoisotopic (exact) mass is 786 g/mol. The molecular weight excluding hydrogens is 745 g/mol. The van der Waals surface area contributed by atoms with Gasteiger partial charge in [0, 0.05) is 51.7 Å². The van der Waals surface area contributed by atoms with Gasteiger partial charge >= 0.3 is 29.8 Å². The van der Waals surface area contributed by atoms with Crippen molar-refractivity contribution in [3.63, 3.8) is 0 Å². The van der Waals surface area contributed by atoms with E-state index in [4.69, 9.17) is 9.47 Å². The average Bonchev–Trinajstić information content (AvgIpc) is 3.58. The molecule has 1 aromatic carbocycles. The summed E-state index contributed by atoms with van der Waals surface area (Å²) in [6.07, 6.45) is 0. The van der Waals surface area contributed by atoms with Crippen molar-refractivity contribution in [3.8, 4) is 5.75 Å². The van der Waals surface area contributed by atoms with Crippen LogP contribution in [0.3, 0.4) is 0 Å². The largest absolute Gasteiger partial charge is 0.460 e. The van der Waals surface area contributed by atoms with E-state index >= 15 is 0 Å². The van der Waals surface area contributed by atoms with Crippen molar-refractivity contribution in [2.45, 2.75) is 50.3 Å². The number of fused-ring (bicyclic) bond motifs is 1. The van der Waals surface area contributed by atoms with Crippen molar-refractivity contribution < 1.29 is 43.0 Å². The zero-order chi connectivity index (χ0) is 39.1. The van der Waals surface area contributed by atoms with Crippen LogP contribution in [0.25, 0.3) is 0 Å². The minimum Gasteiger partial charge on any atom is -0.460 e. The van der Waals surface area contributed by atoms with Gasteiger partial charge in [-0.05, 0) is 53.7 Å². The summed E-state index contributed by atoms with van der Waals surface area (Å²) >= 11 is 2.64. The Bertz CT molecular complexity index is 1820. The molecular formula is C33H42N10O9S2. The molecule has 5 rings (SSSR count). The van der Waals surface area contributed by atoms with Gasteiger partial charge in [0.2, 0.25) is 11.1 Å². The molecule has 1 aromatic heterocycles. The number of likely N-dealkylation sites (N-methyl/N-ethyl adjacent to an activating group) is 2. The van der Waals surface area contributed by atoms with Gasteiger partial charge < -0.3 is 29.9 Å². The van der Waals surface area contributed by atoms with Gasteiger partial charge in [0.1, 0.15) is 35.5 Å². The van der Waals surface area contributed by atoms with Gasteiger partial charge in [-0.3, -0.25) is 33.8 Å². The molecule has 290 valence electrons. The third-order valence-electron chi connectivity index (χ3n) is 8.97. The minimum absolute atomic E-state index is 0.0906. The van der Waals surface area contributed by atoms with Gasteiger partial charge in [0.15, 0.2) is 0 Å². The smallest absolute Gasteiger partial charge is 0.355 e. The van der Waals surface area contributed by atoms with Gasteiger partial charge in [-0.2, -0.15) is 0 Å². The number of tetrazole rings is 1. The second-order valence-electron chi connectivity index (χ2n) is 12.3. The van der Waals surface area contributed by atoms with Gasteiger partial charge in [0.05, 0.1) is 0 Å². The van der Waals surface area contributed by atoms with Crippen LogP contribution in [0, 0.1) is 0 Å². The number of ether oxygens (including phenoxy) is 2. The third-order valence-corrected chi connectivity index (χ3v) is 11.4. The molecule has 0 spiro atoms. The van der Waals surface area contributed by atoms with E-state index in [2.05, 4.69) is 31.1 Å². The van der Waals surface area contributed by atoms with Crippen LogP contribution in [0.2, 0.25) is 0 Å². The molecule has 19 nitrogen and oxygen atoms in total. The maximum Gasteiger partial charge on any atom is 0.355 e. The average molecular weight is 787 g/mol. The number of β-lactam (4-membered cyclic amide) rings is 1. The lowest BCUT2D eigenvalue weighted by atomic mass is 10.0. The van der Waals surface area contributed by atoms with Crippen LogP contribution >= 0.6 is 23.5 Å². The summed E-state index contributed by atoms with van der Waals surface area (Å²) in [5.74, 6) is -3.67. The van der Waals surface area contributed by atoms with Crippen LogP contribution in [0.4, 0.5) is 4.79 Å². The Balaban J connectivity index is 1.36. The number of thioether (sulfide) groups is 2. The number of esters is 2. The van der Waals surface area contributed by atoms with Crippen LogP contribution < -0.4 is 15.4 Å². The number of hydrogen-bond acceptors (Lipinski definition) is 15. The topological polar surface area (TPSA) is 219 Å². The summed E-state index contributed by atoms with van der Waals surface area (Å²) in [5.41, 5.74) is 0.963. The maximum atomic E-state index is 14.0. The van der Waals surface area contributed by atoms with Crippen LogP contribution in [0.5, 0.6) is 5.75 Å². The molecule has 21 heteroatoms. The highest BCUT2D eigenvalue weighted by Gasteiger charge is 2.55. The van der Waals surface area contributed by atoms with Gasteiger partial charge in [-0.25, -0.2) is 14.3 Å². The summed E-state index contributed by atoms with van der Waals surface area (Å²) in [5, 5.41) is 16.5. The summed E-state index contributed by atoms with van der Waals surface area (Å²) in [7, 11) is 1.69. The molecule has 3 unspecified atom stereocenters. The van der Waals surface area contributed by atoms with Crippen LogP contribution in [-0.2, 0) is 40.6 Å². The van der Waals surface area contributed by atoms with E-state index in [0.717, 1.165) is 18.0 Å². The number of benzene rings is 1. The number of nitrogens with one attached hydrogen (secondary N) is 2. The third kappa shape index (κ3) is 8.84. The number of carbonyl (C=O) groups is 7. The number of aryl methyl sites for hydroxylation is 1. The number of hydrogen-bond donors (Lipinski definition) is 2. The number of aromatic nitrogens is 4. The zero-order valence-corrected chi connectivity index (χ0v) is 32.1. The fourth-order valence-corrected chi connectivity index (χ4v) is 8.29. The Morgan fingerprint density at radius 3 is 2.41 bits per heavy atom. The number of urea groups is 1. The van der Waals surface area contributed by atoms with E-state index in [0.29, 0.717) is 28.8 Å². The van der Waals surface area contributed by atoms with E-state index in [1.165, 1.54) is 69.2 Å². The molecule has 4 heterocycles. The summed E-state index contributed by atoms with van der Waals surface area (Å²) < 4.78 is 12.2. The summed E-state index contributed by atoms with van der Waals surface area (Å²) in [4.78, 5) is 97.1. The Morgan fingerprint density at radius 2 is 1.78 bits per heavy atom. The normalized spacial score (nSPS) is 19.0. The lowest BCUT2D eigenvalue weighted by Gasteiger charge is -2.50. The fraction of sp³-hybridized carbons (Fsp3) is 0.515. The molecule has 6 amide bonds. The predicted molar refractivity (Wildman–Crippen MR) is 193 cm³/mol. The van der Waals surface area contributed by atoms with Crippen molar-refractivity contribution >= 4 is 65.1 Å². The number of nitrogens with zero attached hydrogens (tertiary/aromatic N) is 8. The highest BCUT2D eigenvalue weighted by atomic mass is 32.2. The molecule has 2 fully saturated rings. The van der Waals surface area contributed by atoms with Crippen molar-refractivity contribution in [1.29, 1.82) is 0 Å². The number of amides is 6. The van der Waals surface area contributed by atoms with E-state index in [9.17, 15) is 33.6 Å². The first-order chi connectivity index (χ1) is 25.9. The van der Waals surface area contributed by atoms with Gasteiger partial charge in [-0.15, -0.1) is 16.9 Å². The van der Waals surface area contributed by atoms with Crippen molar-refractivity contribution in [2.24, 2.45) is 7.05 Å². The second-order valence-corrected chi connectivity index (χ2v) is 14.3. The van der Waals surface area contributed by atoms with E-state index in [1.807, 2.05) is 13.8 Å². The molecule has 54 heavy (non-hydrogen) atoms. The Hall–Kier alpha value is -5.02. The quantitative estimate of drug-likeness (QED) is 0.0793. The first-order valence-corrected chi connectivity index (χ1v) is 19.3. The Kier molecular flexibility index (Phi) is 13.3. The van der Waals surface area contributed by atoms with E-state index < -0.39 is 59.1 Å². The first kappa shape index (κ1) is 40.2. The maximum absolute atomic E-state index is 14.0. The number of imide groups is 1. The Labute approximate surface area is 319 Å². The molecule has 2 N–H and O–H groups in total. The Morgan fingerprint density at radius 1 is 1.06 bits per heavy atom. The molecule has 3 aliphatic heterocycles. The predicted octanol–water partition coefficient (Wildman–Crippen LogP) is -0.0919. The summed E-state index contributed by atoms with van der Waals surface area (Å²) in [6.45, 7) is 9.43. The molecule has 3 aliphatic rings. The van der Waals surface area contributed by atoms with Crippen LogP contribution in [0.15, 0.2) is 40.7 Å². The number of rotatable bonds is 15. The fourth-order valence-electron chi connectivity index (χ4n) is 5.96. The van der Waals surface area contributed by atoms with Crippen LogP contribution in [-0.4, -0.2) is 150 Å². The highest BCUT2D eigenvalue weighted by Crippen LogP contribution is 2.42. The highest BCUT2D eigenvalue weighted by molar-refractivity contribution is 8.01. The number of piperazine rings is 1. The van der Waals surface area contributed by atoms with Crippen molar-refractivity contribution in [2.75, 3.05) is 57.4 Å². The standard InChI is InChI=1S/C33H42N10O9S2/c1-6-40(7-2)15-16-51-31(49)25-21(18-54-33-36-37-38-39(33)5)17-53-30-24(27(46)43(25)30)34-26(45)23(20-9-11-22(12-10-20)52-19(4)44)35-32(50)42-14-13-41(8-3)28(47)29(42)48/h9-12,23-24,30H,6-8,13-18H2,1-5H3,(H,34,45)(H,35,50). The van der Waals surface area contributed by atoms with E-state index in [1.54, 1.807) is 14.0 Å².